The van der Waals surface area contributed by atoms with Crippen LogP contribution in [0, 0.1) is 0 Å². The fraction of sp³-hybridized carbons (Fsp3) is 0.379. The van der Waals surface area contributed by atoms with Gasteiger partial charge < -0.3 is 14.5 Å². The van der Waals surface area contributed by atoms with Gasteiger partial charge >= 0.3 is 0 Å². The summed E-state index contributed by atoms with van der Waals surface area (Å²) in [4.78, 5) is 9.88. The van der Waals surface area contributed by atoms with Crippen LogP contribution in [0.5, 0.6) is 5.75 Å². The molecule has 2 aromatic heterocycles. The van der Waals surface area contributed by atoms with E-state index in [1.807, 2.05) is 12.1 Å². The molecule has 0 saturated carbocycles. The highest BCUT2D eigenvalue weighted by atomic mass is 32.1. The van der Waals surface area contributed by atoms with Crippen LogP contribution in [0.1, 0.15) is 11.3 Å². The van der Waals surface area contributed by atoms with Gasteiger partial charge in [-0.3, -0.25) is 14.4 Å². The molecule has 2 saturated heterocycles. The summed E-state index contributed by atoms with van der Waals surface area (Å²) in [7, 11) is 1.71. The summed E-state index contributed by atoms with van der Waals surface area (Å²) < 4.78 is 7.51. The van der Waals surface area contributed by atoms with E-state index in [1.54, 1.807) is 18.4 Å². The molecule has 4 aromatic rings. The van der Waals surface area contributed by atoms with Gasteiger partial charge in [-0.1, -0.05) is 41.7 Å². The largest absolute Gasteiger partial charge is 0.497 e. The van der Waals surface area contributed by atoms with E-state index in [2.05, 4.69) is 95.2 Å². The molecule has 6 rings (SSSR count). The molecule has 0 atom stereocenters. The van der Waals surface area contributed by atoms with Crippen LogP contribution >= 0.6 is 11.3 Å². The highest BCUT2D eigenvalue weighted by Gasteiger charge is 2.22. The molecule has 0 unspecified atom stereocenters. The third-order valence-electron chi connectivity index (χ3n) is 7.53. The van der Waals surface area contributed by atoms with Gasteiger partial charge in [0, 0.05) is 83.0 Å². The Hall–Kier alpha value is -3.40. The third kappa shape index (κ3) is 5.70. The summed E-state index contributed by atoms with van der Waals surface area (Å²) in [6.45, 7) is 10.1. The Labute approximate surface area is 228 Å². The van der Waals surface area contributed by atoms with Gasteiger partial charge in [-0.05, 0) is 42.0 Å². The van der Waals surface area contributed by atoms with Crippen LogP contribution in [0.25, 0.3) is 5.13 Å². The molecule has 198 valence electrons. The van der Waals surface area contributed by atoms with Gasteiger partial charge in [-0.2, -0.15) is 0 Å². The van der Waals surface area contributed by atoms with Crippen molar-refractivity contribution >= 4 is 22.2 Å². The lowest BCUT2D eigenvalue weighted by Gasteiger charge is -2.36. The number of piperazine rings is 2. The van der Waals surface area contributed by atoms with E-state index >= 15 is 0 Å². The van der Waals surface area contributed by atoms with Crippen molar-refractivity contribution in [3.63, 3.8) is 0 Å². The van der Waals surface area contributed by atoms with Crippen molar-refractivity contribution in [1.29, 1.82) is 0 Å². The molecule has 0 radical (unpaired) electrons. The first-order valence-electron chi connectivity index (χ1n) is 13.4. The number of ether oxygens (including phenoxy) is 1. The molecule has 2 aromatic carbocycles. The number of rotatable bonds is 8. The van der Waals surface area contributed by atoms with E-state index in [9.17, 15) is 0 Å². The molecule has 2 aliphatic rings. The van der Waals surface area contributed by atoms with Crippen LogP contribution in [0.2, 0.25) is 0 Å². The molecule has 2 aliphatic heterocycles. The van der Waals surface area contributed by atoms with Gasteiger partial charge in [0.15, 0.2) is 0 Å². The Balaban J connectivity index is 1.03. The first-order valence-corrected chi connectivity index (χ1v) is 14.2. The average molecular weight is 530 g/mol. The topological polar surface area (TPSA) is 52.9 Å². The number of methoxy groups -OCH3 is 1. The zero-order chi connectivity index (χ0) is 25.7. The normalized spacial score (nSPS) is 17.2. The molecule has 4 heterocycles. The first-order chi connectivity index (χ1) is 18.7. The van der Waals surface area contributed by atoms with E-state index in [1.165, 1.54) is 16.9 Å². The highest BCUT2D eigenvalue weighted by Crippen LogP contribution is 2.27. The molecule has 2 fully saturated rings. The molecule has 9 heteroatoms. The van der Waals surface area contributed by atoms with Crippen molar-refractivity contribution in [2.75, 3.05) is 69.3 Å². The monoisotopic (exact) mass is 529 g/mol. The second kappa shape index (κ2) is 11.6. The van der Waals surface area contributed by atoms with Crippen molar-refractivity contribution < 1.29 is 4.74 Å². The van der Waals surface area contributed by atoms with Crippen LogP contribution in [-0.4, -0.2) is 84.0 Å². The lowest BCUT2D eigenvalue weighted by molar-refractivity contribution is 0.246. The molecular formula is C29H35N7OS. The van der Waals surface area contributed by atoms with Crippen LogP contribution < -0.4 is 14.5 Å². The smallest absolute Gasteiger partial charge is 0.218 e. The highest BCUT2D eigenvalue weighted by molar-refractivity contribution is 7.17. The summed E-state index contributed by atoms with van der Waals surface area (Å²) in [5.41, 5.74) is 3.90. The van der Waals surface area contributed by atoms with E-state index in [0.717, 1.165) is 81.5 Å². The summed E-state index contributed by atoms with van der Waals surface area (Å²) in [6.07, 6.45) is 2.12. The van der Waals surface area contributed by atoms with Crippen molar-refractivity contribution in [3.8, 4) is 10.9 Å². The standard InChI is InChI=1S/C29H35N7OS/c1-37-27-11-9-25(10-12-27)34-18-14-33(15-19-34)23-26-8-5-13-36(26)29-31-30-28(38-29)35-20-16-32(17-21-35)22-24-6-3-2-4-7-24/h2-13H,14-23H2,1H3. The zero-order valence-electron chi connectivity index (χ0n) is 21.9. The van der Waals surface area contributed by atoms with Crippen molar-refractivity contribution in [2.24, 2.45) is 0 Å². The van der Waals surface area contributed by atoms with E-state index in [4.69, 9.17) is 4.74 Å². The Morgan fingerprint density at radius 1 is 0.684 bits per heavy atom. The van der Waals surface area contributed by atoms with Gasteiger partial charge in [0.1, 0.15) is 5.75 Å². The first kappa shape index (κ1) is 24.9. The number of aromatic nitrogens is 3. The number of hydrogen-bond acceptors (Lipinski definition) is 8. The van der Waals surface area contributed by atoms with Crippen LogP contribution in [-0.2, 0) is 13.1 Å². The minimum atomic E-state index is 0.901. The summed E-state index contributed by atoms with van der Waals surface area (Å²) in [6, 6.07) is 23.4. The molecular weight excluding hydrogens is 494 g/mol. The Bertz CT molecular complexity index is 1290. The second-order valence-electron chi connectivity index (χ2n) is 9.95. The maximum Gasteiger partial charge on any atom is 0.218 e. The number of hydrogen-bond donors (Lipinski definition) is 0. The predicted molar refractivity (Wildman–Crippen MR) is 154 cm³/mol. The summed E-state index contributed by atoms with van der Waals surface area (Å²) in [5, 5.41) is 11.1. The number of anilines is 2. The van der Waals surface area contributed by atoms with Gasteiger partial charge in [-0.25, -0.2) is 0 Å². The minimum Gasteiger partial charge on any atom is -0.497 e. The fourth-order valence-corrected chi connectivity index (χ4v) is 6.20. The predicted octanol–water partition coefficient (Wildman–Crippen LogP) is 3.98. The maximum atomic E-state index is 5.30. The minimum absolute atomic E-state index is 0.901. The summed E-state index contributed by atoms with van der Waals surface area (Å²) in [5.74, 6) is 0.901. The third-order valence-corrected chi connectivity index (χ3v) is 8.51. The number of nitrogens with zero attached hydrogens (tertiary/aromatic N) is 7. The van der Waals surface area contributed by atoms with E-state index in [-0.39, 0.29) is 0 Å². The average Bonchev–Trinajstić information content (AvgIpc) is 3.64. The Morgan fingerprint density at radius 3 is 2.05 bits per heavy atom. The fourth-order valence-electron chi connectivity index (χ4n) is 5.29. The van der Waals surface area contributed by atoms with Crippen molar-refractivity contribution in [2.45, 2.75) is 13.1 Å². The van der Waals surface area contributed by atoms with Gasteiger partial charge in [0.05, 0.1) is 7.11 Å². The second-order valence-corrected chi connectivity index (χ2v) is 10.9. The molecule has 0 N–H and O–H groups in total. The van der Waals surface area contributed by atoms with Crippen molar-refractivity contribution in [3.05, 3.63) is 84.2 Å². The lowest BCUT2D eigenvalue weighted by Crippen LogP contribution is -2.46. The van der Waals surface area contributed by atoms with Crippen LogP contribution in [0.4, 0.5) is 10.8 Å². The van der Waals surface area contributed by atoms with Crippen LogP contribution in [0.15, 0.2) is 72.9 Å². The zero-order valence-corrected chi connectivity index (χ0v) is 22.8. The number of benzene rings is 2. The van der Waals surface area contributed by atoms with Gasteiger partial charge in [0.2, 0.25) is 10.3 Å². The maximum absolute atomic E-state index is 5.30. The van der Waals surface area contributed by atoms with Gasteiger partial charge in [-0.15, -0.1) is 10.2 Å². The van der Waals surface area contributed by atoms with Gasteiger partial charge in [0.25, 0.3) is 0 Å². The lowest BCUT2D eigenvalue weighted by atomic mass is 10.2. The molecule has 0 spiro atoms. The molecule has 38 heavy (non-hydrogen) atoms. The molecule has 8 nitrogen and oxygen atoms in total. The molecule has 0 aliphatic carbocycles. The Morgan fingerprint density at radius 2 is 1.34 bits per heavy atom. The SMILES string of the molecule is COc1ccc(N2CCN(Cc3cccn3-c3nnc(N4CCN(Cc5ccccc5)CC4)s3)CC2)cc1. The van der Waals surface area contributed by atoms with Crippen molar-refractivity contribution in [1.82, 2.24) is 24.6 Å². The molecule has 0 bridgehead atoms. The molecule has 0 amide bonds. The Kier molecular flexibility index (Phi) is 7.57. The van der Waals surface area contributed by atoms with E-state index in [0.29, 0.717) is 0 Å². The summed E-state index contributed by atoms with van der Waals surface area (Å²) >= 11 is 1.69. The van der Waals surface area contributed by atoms with Crippen LogP contribution in [0.3, 0.4) is 0 Å². The quantitative estimate of drug-likeness (QED) is 0.342. The van der Waals surface area contributed by atoms with E-state index < -0.39 is 0 Å².